The number of hydrogen-bond acceptors (Lipinski definition) is 8. The van der Waals surface area contributed by atoms with Crippen molar-refractivity contribution in [2.45, 2.75) is 25.9 Å². The predicted molar refractivity (Wildman–Crippen MR) is 97.4 cm³/mol. The second-order valence-electron chi connectivity index (χ2n) is 5.96. The Hall–Kier alpha value is -3.80. The minimum atomic E-state index is -5.11. The average molecular weight is 474 g/mol. The zero-order chi connectivity index (χ0) is 23.5. The van der Waals surface area contributed by atoms with E-state index in [1.54, 1.807) is 0 Å². The number of hydrogen-bond donors (Lipinski definition) is 1. The number of nitriles is 1. The number of halogens is 5. The first kappa shape index (κ1) is 22.9. The molecule has 0 bridgehead atoms. The Balaban J connectivity index is 1.84. The van der Waals surface area contributed by atoms with Gasteiger partial charge in [-0.3, -0.25) is 4.79 Å². The zero-order valence-corrected chi connectivity index (χ0v) is 16.6. The summed E-state index contributed by atoms with van der Waals surface area (Å²) in [6.07, 6.45) is -2.61. The van der Waals surface area contributed by atoms with Gasteiger partial charge < -0.3 is 14.8 Å². The van der Waals surface area contributed by atoms with Crippen molar-refractivity contribution < 1.29 is 36.2 Å². The van der Waals surface area contributed by atoms with Crippen LogP contribution < -0.4 is 14.8 Å². The van der Waals surface area contributed by atoms with Crippen LogP contribution in [-0.4, -0.2) is 38.6 Å². The third-order valence-electron chi connectivity index (χ3n) is 3.69. The minimum Gasteiger partial charge on any atom is -0.435 e. The fourth-order valence-corrected chi connectivity index (χ4v) is 3.20. The highest BCUT2D eigenvalue weighted by Gasteiger charge is 2.32. The lowest BCUT2D eigenvalue weighted by Crippen LogP contribution is -2.29. The van der Waals surface area contributed by atoms with Crippen LogP contribution in [0.5, 0.6) is 11.5 Å². The lowest BCUT2D eigenvalue weighted by atomic mass is 10.1. The van der Waals surface area contributed by atoms with Gasteiger partial charge in [0.1, 0.15) is 28.8 Å². The summed E-state index contributed by atoms with van der Waals surface area (Å²) in [6, 6.07) is 3.21. The number of thiazole rings is 1. The van der Waals surface area contributed by atoms with Crippen LogP contribution in [0.1, 0.15) is 34.0 Å². The molecular formula is C17H11F5N6O3S. The lowest BCUT2D eigenvalue weighted by Gasteiger charge is -2.16. The summed E-state index contributed by atoms with van der Waals surface area (Å²) in [5.41, 5.74) is -0.429. The van der Waals surface area contributed by atoms with Crippen molar-refractivity contribution in [2.75, 3.05) is 0 Å². The normalized spacial score (nSPS) is 12.3. The first-order valence-electron chi connectivity index (χ1n) is 8.48. The second-order valence-corrected chi connectivity index (χ2v) is 6.97. The molecule has 32 heavy (non-hydrogen) atoms. The molecule has 3 aromatic rings. The first-order chi connectivity index (χ1) is 15.1. The number of aromatic nitrogens is 4. The van der Waals surface area contributed by atoms with Gasteiger partial charge in [-0.05, 0) is 19.1 Å². The molecule has 0 spiro atoms. The molecule has 0 aliphatic rings. The van der Waals surface area contributed by atoms with Gasteiger partial charge in [-0.15, -0.1) is 13.2 Å². The van der Waals surface area contributed by atoms with Crippen molar-refractivity contribution in [2.24, 2.45) is 0 Å². The number of amides is 1. The van der Waals surface area contributed by atoms with Crippen LogP contribution >= 0.6 is 11.3 Å². The van der Waals surface area contributed by atoms with Crippen molar-refractivity contribution in [3.05, 3.63) is 47.0 Å². The SMILES string of the molecule is C[C@H](NC(=O)c1cc(OC(F)F)cc(OC(F)(F)F)c1)c1ncnn1-c1ncc(C#N)s1. The highest BCUT2D eigenvalue weighted by atomic mass is 32.1. The van der Waals surface area contributed by atoms with Crippen LogP contribution in [0.3, 0.4) is 0 Å². The molecule has 1 aromatic carbocycles. The molecule has 0 unspecified atom stereocenters. The maximum Gasteiger partial charge on any atom is 0.573 e. The van der Waals surface area contributed by atoms with Crippen LogP contribution in [-0.2, 0) is 0 Å². The summed E-state index contributed by atoms with van der Waals surface area (Å²) >= 11 is 1.02. The van der Waals surface area contributed by atoms with Crippen LogP contribution in [0.2, 0.25) is 0 Å². The molecule has 0 radical (unpaired) electrons. The number of ether oxygens (including phenoxy) is 2. The van der Waals surface area contributed by atoms with E-state index >= 15 is 0 Å². The maximum atomic E-state index is 12.6. The third kappa shape index (κ3) is 5.66. The highest BCUT2D eigenvalue weighted by molar-refractivity contribution is 7.14. The highest BCUT2D eigenvalue weighted by Crippen LogP contribution is 2.29. The molecule has 1 N–H and O–H groups in total. The Bertz CT molecular complexity index is 1160. The standard InChI is InChI=1S/C17H11F5N6O3S/c1-8(13-25-7-26-28(13)16-24-6-12(5-23)32-16)27-14(29)9-2-10(30-15(18)19)4-11(3-9)31-17(20,21)22/h2-4,6-8,15H,1H3,(H,27,29)/t8-/m0/s1. The minimum absolute atomic E-state index is 0.198. The van der Waals surface area contributed by atoms with Gasteiger partial charge in [0.2, 0.25) is 5.13 Å². The van der Waals surface area contributed by atoms with Gasteiger partial charge in [-0.25, -0.2) is 9.97 Å². The summed E-state index contributed by atoms with van der Waals surface area (Å²) in [7, 11) is 0. The summed E-state index contributed by atoms with van der Waals surface area (Å²) < 4.78 is 71.8. The van der Waals surface area contributed by atoms with Crippen LogP contribution in [0.15, 0.2) is 30.7 Å². The quantitative estimate of drug-likeness (QED) is 0.521. The van der Waals surface area contributed by atoms with Crippen LogP contribution in [0.25, 0.3) is 5.13 Å². The van der Waals surface area contributed by atoms with E-state index in [-0.39, 0.29) is 5.82 Å². The third-order valence-corrected chi connectivity index (χ3v) is 4.57. The van der Waals surface area contributed by atoms with E-state index < -0.39 is 42.0 Å². The van der Waals surface area contributed by atoms with Gasteiger partial charge in [0.05, 0.1) is 12.2 Å². The van der Waals surface area contributed by atoms with Gasteiger partial charge in [-0.2, -0.15) is 23.8 Å². The monoisotopic (exact) mass is 474 g/mol. The molecular weight excluding hydrogens is 463 g/mol. The number of carbonyl (C=O) groups is 1. The molecule has 1 atom stereocenters. The molecule has 0 aliphatic heterocycles. The molecule has 0 fully saturated rings. The van der Waals surface area contributed by atoms with E-state index in [9.17, 15) is 26.7 Å². The van der Waals surface area contributed by atoms with Crippen LogP contribution in [0.4, 0.5) is 22.0 Å². The molecule has 9 nitrogen and oxygen atoms in total. The first-order valence-corrected chi connectivity index (χ1v) is 9.30. The molecule has 0 aliphatic carbocycles. The smallest absolute Gasteiger partial charge is 0.435 e. The summed E-state index contributed by atoms with van der Waals surface area (Å²) in [5.74, 6) is -2.34. The number of rotatable bonds is 7. The Labute approximate surface area is 180 Å². The van der Waals surface area contributed by atoms with Crippen molar-refractivity contribution >= 4 is 17.2 Å². The topological polar surface area (TPSA) is 115 Å². The van der Waals surface area contributed by atoms with Crippen molar-refractivity contribution in [1.29, 1.82) is 5.26 Å². The Morgan fingerprint density at radius 2 is 1.97 bits per heavy atom. The second kappa shape index (κ2) is 9.14. The van der Waals surface area contributed by atoms with Crippen molar-refractivity contribution in [1.82, 2.24) is 25.1 Å². The fraction of sp³-hybridized carbons (Fsp3) is 0.235. The molecule has 2 aromatic heterocycles. The van der Waals surface area contributed by atoms with E-state index in [1.807, 2.05) is 6.07 Å². The average Bonchev–Trinajstić information content (AvgIpc) is 3.34. The van der Waals surface area contributed by atoms with Gasteiger partial charge >= 0.3 is 13.0 Å². The van der Waals surface area contributed by atoms with Crippen molar-refractivity contribution in [3.8, 4) is 22.7 Å². The number of alkyl halides is 5. The van der Waals surface area contributed by atoms with Crippen molar-refractivity contribution in [3.63, 3.8) is 0 Å². The summed E-state index contributed by atoms with van der Waals surface area (Å²) in [6.45, 7) is -1.83. The number of carbonyl (C=O) groups excluding carboxylic acids is 1. The van der Waals surface area contributed by atoms with E-state index in [0.29, 0.717) is 16.1 Å². The molecule has 1 amide bonds. The Kier molecular flexibility index (Phi) is 6.53. The molecule has 2 heterocycles. The predicted octanol–water partition coefficient (Wildman–Crippen LogP) is 3.59. The van der Waals surface area contributed by atoms with E-state index in [2.05, 4.69) is 29.9 Å². The molecule has 15 heteroatoms. The number of benzene rings is 1. The molecule has 0 saturated heterocycles. The summed E-state index contributed by atoms with van der Waals surface area (Å²) in [4.78, 5) is 21.0. The largest absolute Gasteiger partial charge is 0.573 e. The van der Waals surface area contributed by atoms with E-state index in [1.165, 1.54) is 24.1 Å². The van der Waals surface area contributed by atoms with E-state index in [0.717, 1.165) is 23.5 Å². The van der Waals surface area contributed by atoms with Gasteiger partial charge in [0, 0.05) is 11.6 Å². The summed E-state index contributed by atoms with van der Waals surface area (Å²) in [5, 5.41) is 15.7. The van der Waals surface area contributed by atoms with E-state index in [4.69, 9.17) is 5.26 Å². The molecule has 0 saturated carbocycles. The van der Waals surface area contributed by atoms with Gasteiger partial charge in [-0.1, -0.05) is 11.3 Å². The fourth-order valence-electron chi connectivity index (χ4n) is 2.52. The Morgan fingerprint density at radius 3 is 2.59 bits per heavy atom. The molecule has 3 rings (SSSR count). The number of nitrogens with one attached hydrogen (secondary N) is 1. The maximum absolute atomic E-state index is 12.6. The van der Waals surface area contributed by atoms with Gasteiger partial charge in [0.15, 0.2) is 5.82 Å². The number of nitrogens with zero attached hydrogens (tertiary/aromatic N) is 5. The van der Waals surface area contributed by atoms with Gasteiger partial charge in [0.25, 0.3) is 5.91 Å². The van der Waals surface area contributed by atoms with Crippen LogP contribution in [0, 0.1) is 11.3 Å². The molecule has 168 valence electrons. The zero-order valence-electron chi connectivity index (χ0n) is 15.8. The lowest BCUT2D eigenvalue weighted by molar-refractivity contribution is -0.274. The Morgan fingerprint density at radius 1 is 1.25 bits per heavy atom.